The zero-order valence-corrected chi connectivity index (χ0v) is 8.92. The van der Waals surface area contributed by atoms with Crippen LogP contribution in [0.25, 0.3) is 22.2 Å². The second kappa shape index (κ2) is 3.88. The lowest BCUT2D eigenvalue weighted by atomic mass is 10.0. The molecule has 17 heavy (non-hydrogen) atoms. The molecule has 0 saturated carbocycles. The van der Waals surface area contributed by atoms with Gasteiger partial charge in [-0.1, -0.05) is 47.6 Å². The molecule has 0 amide bonds. The van der Waals surface area contributed by atoms with Crippen LogP contribution in [0.5, 0.6) is 0 Å². The van der Waals surface area contributed by atoms with Crippen LogP contribution in [0.2, 0.25) is 0 Å². The van der Waals surface area contributed by atoms with E-state index >= 15 is 0 Å². The van der Waals surface area contributed by atoms with E-state index in [2.05, 4.69) is 15.6 Å². The van der Waals surface area contributed by atoms with E-state index in [1.54, 1.807) is 0 Å². The summed E-state index contributed by atoms with van der Waals surface area (Å²) in [6.07, 6.45) is 0. The van der Waals surface area contributed by atoms with Gasteiger partial charge in [-0.05, 0) is 10.8 Å². The zero-order chi connectivity index (χ0) is 11.7. The molecule has 5 heteroatoms. The Bertz CT molecular complexity index is 657. The fourth-order valence-electron chi connectivity index (χ4n) is 1.81. The molecule has 3 N–H and O–H groups in total. The van der Waals surface area contributed by atoms with Crippen molar-refractivity contribution in [3.63, 3.8) is 0 Å². The third kappa shape index (κ3) is 1.62. The number of fused-ring (bicyclic) bond motifs is 1. The molecular weight excluding hydrogens is 216 g/mol. The number of benzene rings is 2. The lowest BCUT2D eigenvalue weighted by Gasteiger charge is -2.01. The molecule has 5 nitrogen and oxygen atoms in total. The molecular formula is C12H10N4O. The largest absolute Gasteiger partial charge is 0.335 e. The lowest BCUT2D eigenvalue weighted by Crippen LogP contribution is -2.06. The van der Waals surface area contributed by atoms with E-state index in [0.717, 1.165) is 16.3 Å². The molecule has 2 aromatic carbocycles. The Kier molecular flexibility index (Phi) is 2.23. The number of rotatable bonds is 2. The minimum absolute atomic E-state index is 0.202. The summed E-state index contributed by atoms with van der Waals surface area (Å²) in [5, 5.41) is 6.10. The maximum atomic E-state index is 5.21. The summed E-state index contributed by atoms with van der Waals surface area (Å²) in [5.74, 6) is 5.73. The van der Waals surface area contributed by atoms with E-state index in [-0.39, 0.29) is 6.01 Å². The van der Waals surface area contributed by atoms with Crippen molar-refractivity contribution in [3.8, 4) is 11.4 Å². The van der Waals surface area contributed by atoms with Crippen LogP contribution in [0.4, 0.5) is 6.01 Å². The van der Waals surface area contributed by atoms with Crippen molar-refractivity contribution < 1.29 is 4.52 Å². The smallest absolute Gasteiger partial charge is 0.314 e. The maximum Gasteiger partial charge on any atom is 0.335 e. The highest BCUT2D eigenvalue weighted by Crippen LogP contribution is 2.26. The number of hydrazine groups is 1. The zero-order valence-electron chi connectivity index (χ0n) is 8.92. The second-order valence-electron chi connectivity index (χ2n) is 3.59. The summed E-state index contributed by atoms with van der Waals surface area (Å²) in [6.45, 7) is 0. The van der Waals surface area contributed by atoms with Gasteiger partial charge in [-0.3, -0.25) is 5.43 Å². The van der Waals surface area contributed by atoms with Crippen LogP contribution in [-0.4, -0.2) is 10.1 Å². The van der Waals surface area contributed by atoms with Gasteiger partial charge >= 0.3 is 6.01 Å². The van der Waals surface area contributed by atoms with E-state index in [0.29, 0.717) is 5.82 Å². The van der Waals surface area contributed by atoms with E-state index in [4.69, 9.17) is 10.4 Å². The van der Waals surface area contributed by atoms with Gasteiger partial charge in [0, 0.05) is 5.56 Å². The number of nitrogens with two attached hydrogens (primary N) is 1. The van der Waals surface area contributed by atoms with Gasteiger partial charge in [0.15, 0.2) is 0 Å². The van der Waals surface area contributed by atoms with Crippen molar-refractivity contribution in [2.75, 3.05) is 5.43 Å². The number of anilines is 1. The molecule has 0 aliphatic heterocycles. The summed E-state index contributed by atoms with van der Waals surface area (Å²) < 4.78 is 4.92. The van der Waals surface area contributed by atoms with E-state index in [1.807, 2.05) is 42.5 Å². The van der Waals surface area contributed by atoms with Crippen LogP contribution < -0.4 is 11.3 Å². The van der Waals surface area contributed by atoms with Crippen molar-refractivity contribution >= 4 is 16.8 Å². The summed E-state index contributed by atoms with van der Waals surface area (Å²) in [5.41, 5.74) is 3.25. The Morgan fingerprint density at radius 1 is 1.06 bits per heavy atom. The Labute approximate surface area is 97.2 Å². The molecule has 1 aromatic heterocycles. The molecule has 3 aromatic rings. The van der Waals surface area contributed by atoms with Gasteiger partial charge in [0.1, 0.15) is 0 Å². The first-order valence-corrected chi connectivity index (χ1v) is 5.17. The molecule has 0 spiro atoms. The number of hydrogen-bond acceptors (Lipinski definition) is 5. The third-order valence-corrected chi connectivity index (χ3v) is 2.58. The Morgan fingerprint density at radius 3 is 2.71 bits per heavy atom. The number of nitrogens with one attached hydrogen (secondary N) is 1. The van der Waals surface area contributed by atoms with Crippen LogP contribution in [0.3, 0.4) is 0 Å². The third-order valence-electron chi connectivity index (χ3n) is 2.58. The van der Waals surface area contributed by atoms with Gasteiger partial charge in [0.2, 0.25) is 5.82 Å². The summed E-state index contributed by atoms with van der Waals surface area (Å²) in [4.78, 5) is 4.14. The average molecular weight is 226 g/mol. The first-order chi connectivity index (χ1) is 8.38. The average Bonchev–Trinajstić information content (AvgIpc) is 2.87. The summed E-state index contributed by atoms with van der Waals surface area (Å²) >= 11 is 0. The molecule has 3 rings (SSSR count). The molecule has 0 radical (unpaired) electrons. The van der Waals surface area contributed by atoms with Crippen LogP contribution in [0.1, 0.15) is 0 Å². The first kappa shape index (κ1) is 9.80. The van der Waals surface area contributed by atoms with Crippen molar-refractivity contribution in [1.82, 2.24) is 10.1 Å². The summed E-state index contributed by atoms with van der Waals surface area (Å²) in [6, 6.07) is 14.2. The predicted molar refractivity (Wildman–Crippen MR) is 65.1 cm³/mol. The van der Waals surface area contributed by atoms with Gasteiger partial charge in [-0.2, -0.15) is 4.98 Å². The monoisotopic (exact) mass is 226 g/mol. The second-order valence-corrected chi connectivity index (χ2v) is 3.59. The van der Waals surface area contributed by atoms with Gasteiger partial charge in [0.25, 0.3) is 0 Å². The molecule has 0 saturated heterocycles. The van der Waals surface area contributed by atoms with Crippen LogP contribution in [-0.2, 0) is 0 Å². The Balaban J connectivity index is 2.23. The highest BCUT2D eigenvalue weighted by atomic mass is 16.5. The van der Waals surface area contributed by atoms with Crippen molar-refractivity contribution in [3.05, 3.63) is 42.5 Å². The summed E-state index contributed by atoms with van der Waals surface area (Å²) in [7, 11) is 0. The van der Waals surface area contributed by atoms with Gasteiger partial charge < -0.3 is 4.52 Å². The fourth-order valence-corrected chi connectivity index (χ4v) is 1.81. The molecule has 0 bridgehead atoms. The SMILES string of the molecule is NNc1nc(-c2cccc3ccccc23)no1. The molecule has 0 aliphatic rings. The maximum absolute atomic E-state index is 5.21. The standard InChI is InChI=1S/C12H10N4O/c13-15-12-14-11(16-17-12)10-7-3-5-8-4-1-2-6-9(8)10/h1-7H,13H2,(H,14,15,16). The van der Waals surface area contributed by atoms with Gasteiger partial charge in [-0.15, -0.1) is 0 Å². The minimum Gasteiger partial charge on any atom is -0.314 e. The van der Waals surface area contributed by atoms with E-state index in [1.165, 1.54) is 0 Å². The normalized spacial score (nSPS) is 10.6. The van der Waals surface area contributed by atoms with Gasteiger partial charge in [0.05, 0.1) is 0 Å². The van der Waals surface area contributed by atoms with Crippen molar-refractivity contribution in [2.24, 2.45) is 5.84 Å². The highest BCUT2D eigenvalue weighted by molar-refractivity contribution is 5.94. The molecule has 0 fully saturated rings. The molecule has 0 atom stereocenters. The van der Waals surface area contributed by atoms with Crippen LogP contribution in [0.15, 0.2) is 47.0 Å². The first-order valence-electron chi connectivity index (χ1n) is 5.17. The van der Waals surface area contributed by atoms with E-state index in [9.17, 15) is 0 Å². The fraction of sp³-hybridized carbons (Fsp3) is 0. The number of nitrogens with zero attached hydrogens (tertiary/aromatic N) is 2. The number of aromatic nitrogens is 2. The van der Waals surface area contributed by atoms with Gasteiger partial charge in [-0.25, -0.2) is 5.84 Å². The Morgan fingerprint density at radius 2 is 1.88 bits per heavy atom. The van der Waals surface area contributed by atoms with Crippen molar-refractivity contribution in [2.45, 2.75) is 0 Å². The quantitative estimate of drug-likeness (QED) is 0.517. The highest BCUT2D eigenvalue weighted by Gasteiger charge is 2.10. The topological polar surface area (TPSA) is 77.0 Å². The number of hydrogen-bond donors (Lipinski definition) is 2. The van der Waals surface area contributed by atoms with Crippen LogP contribution >= 0.6 is 0 Å². The molecule has 1 heterocycles. The van der Waals surface area contributed by atoms with Crippen LogP contribution in [0, 0.1) is 0 Å². The molecule has 0 aliphatic carbocycles. The lowest BCUT2D eigenvalue weighted by molar-refractivity contribution is 0.432. The van der Waals surface area contributed by atoms with E-state index < -0.39 is 0 Å². The predicted octanol–water partition coefficient (Wildman–Crippen LogP) is 2.18. The molecule has 84 valence electrons. The van der Waals surface area contributed by atoms with Crippen molar-refractivity contribution in [1.29, 1.82) is 0 Å². The Hall–Kier alpha value is -2.40. The minimum atomic E-state index is 0.202. The molecule has 0 unspecified atom stereocenters. The number of nitrogen functional groups attached to an aromatic ring is 1.